The Hall–Kier alpha value is -5.27. The summed E-state index contributed by atoms with van der Waals surface area (Å²) >= 11 is 12.3. The van der Waals surface area contributed by atoms with Gasteiger partial charge in [0.15, 0.2) is 0 Å². The van der Waals surface area contributed by atoms with Gasteiger partial charge < -0.3 is 31.1 Å². The topological polar surface area (TPSA) is 205 Å². The minimum absolute atomic E-state index is 0.0482. The van der Waals surface area contributed by atoms with E-state index < -0.39 is 0 Å². The van der Waals surface area contributed by atoms with E-state index in [4.69, 9.17) is 28.9 Å². The number of aliphatic imine (C=N–C) groups is 1. The highest BCUT2D eigenvalue weighted by molar-refractivity contribution is 6.30. The van der Waals surface area contributed by atoms with Crippen molar-refractivity contribution in [3.63, 3.8) is 0 Å². The molecule has 18 nitrogen and oxygen atoms in total. The minimum atomic E-state index is -0.305. The number of amides is 4. The lowest BCUT2D eigenvalue weighted by Crippen LogP contribution is -2.56. The highest BCUT2D eigenvalue weighted by Crippen LogP contribution is 2.49. The first-order valence-electron chi connectivity index (χ1n) is 32.5. The van der Waals surface area contributed by atoms with Crippen LogP contribution in [0.2, 0.25) is 10.0 Å². The molecule has 6 aliphatic rings. The van der Waals surface area contributed by atoms with E-state index in [-0.39, 0.29) is 76.6 Å². The number of piperidine rings is 2. The predicted octanol–water partition coefficient (Wildman–Crippen LogP) is 9.09. The molecule has 2 aliphatic heterocycles. The van der Waals surface area contributed by atoms with E-state index in [0.717, 1.165) is 127 Å². The van der Waals surface area contributed by atoms with E-state index in [9.17, 15) is 19.2 Å². The zero-order valence-corrected chi connectivity index (χ0v) is 53.3. The summed E-state index contributed by atoms with van der Waals surface area (Å²) in [5.74, 6) is 1.68. The zero-order valence-electron chi connectivity index (χ0n) is 51.8. The third kappa shape index (κ3) is 17.3. The summed E-state index contributed by atoms with van der Waals surface area (Å²) in [6.07, 6.45) is 33.9. The SMILES string of the molecule is CN(C)[C@H](C(N)=O)[C@H]1CC[C@H](N[C@H](Cc2ccc(Cl)cc2)C(=O)N2CCC(Cn3cncn3)(C3CCCCC3)CC2)CC1.CN=CC(=O)N(C)[C@H]1CC[C@@H](N[C@H](Cc2ccc(Cl)cc2)C(=O)N2CCC(Cn3cncn3)(C3CCCCC3)CC2)CC1. The van der Waals surface area contributed by atoms with Crippen LogP contribution in [0.5, 0.6) is 0 Å². The number of carbonyl (C=O) groups is 4. The third-order valence-corrected chi connectivity index (χ3v) is 21.5. The van der Waals surface area contributed by atoms with Crippen molar-refractivity contribution in [3.8, 4) is 0 Å². The van der Waals surface area contributed by atoms with Gasteiger partial charge in [0.05, 0.1) is 24.3 Å². The van der Waals surface area contributed by atoms with Gasteiger partial charge >= 0.3 is 0 Å². The number of hydrogen-bond acceptors (Lipinski definition) is 12. The largest absolute Gasteiger partial charge is 0.368 e. The monoisotopic (exact) mass is 1220 g/mol. The van der Waals surface area contributed by atoms with Crippen molar-refractivity contribution < 1.29 is 19.2 Å². The Kier molecular flexibility index (Phi) is 23.7. The van der Waals surface area contributed by atoms with Gasteiger partial charge in [0, 0.05) is 81.5 Å². The Labute approximate surface area is 521 Å². The number of nitrogens with one attached hydrogen (secondary N) is 2. The van der Waals surface area contributed by atoms with E-state index in [1.54, 1.807) is 19.7 Å². The van der Waals surface area contributed by atoms with Crippen LogP contribution in [-0.4, -0.2) is 170 Å². The van der Waals surface area contributed by atoms with Gasteiger partial charge in [0.25, 0.3) is 5.91 Å². The molecule has 86 heavy (non-hydrogen) atoms. The van der Waals surface area contributed by atoms with Crippen LogP contribution in [0.1, 0.15) is 152 Å². The Morgan fingerprint density at radius 3 is 1.38 bits per heavy atom. The lowest BCUT2D eigenvalue weighted by molar-refractivity contribution is -0.138. The van der Waals surface area contributed by atoms with Crippen molar-refractivity contribution in [2.45, 2.75) is 203 Å². The summed E-state index contributed by atoms with van der Waals surface area (Å²) in [6.45, 7) is 4.88. The van der Waals surface area contributed by atoms with Gasteiger partial charge in [-0.1, -0.05) is 86.0 Å². The van der Waals surface area contributed by atoms with Crippen molar-refractivity contribution >= 4 is 53.0 Å². The van der Waals surface area contributed by atoms with Crippen molar-refractivity contribution in [3.05, 3.63) is 95.0 Å². The molecule has 0 radical (unpaired) electrons. The van der Waals surface area contributed by atoms with Crippen LogP contribution in [-0.2, 0) is 45.1 Å². The minimum Gasteiger partial charge on any atom is -0.368 e. The van der Waals surface area contributed by atoms with Crippen LogP contribution in [0.15, 0.2) is 78.8 Å². The number of nitrogens with zero attached hydrogens (tertiary/aromatic N) is 11. The molecule has 2 aromatic heterocycles. The second-order valence-corrected chi connectivity index (χ2v) is 27.5. The fourth-order valence-corrected chi connectivity index (χ4v) is 16.4. The summed E-state index contributed by atoms with van der Waals surface area (Å²) in [7, 11) is 7.34. The maximum atomic E-state index is 14.2. The van der Waals surface area contributed by atoms with Crippen LogP contribution in [0.25, 0.3) is 0 Å². The van der Waals surface area contributed by atoms with Crippen molar-refractivity contribution in [2.75, 3.05) is 54.4 Å². The second-order valence-electron chi connectivity index (χ2n) is 26.6. The molecule has 3 atom stereocenters. The molecule has 4 aliphatic carbocycles. The quantitative estimate of drug-likeness (QED) is 0.0671. The van der Waals surface area contributed by atoms with Gasteiger partial charge in [-0.25, -0.2) is 9.97 Å². The van der Waals surface area contributed by atoms with Gasteiger partial charge in [0.2, 0.25) is 17.7 Å². The lowest BCUT2D eigenvalue weighted by Gasteiger charge is -2.48. The number of benzene rings is 2. The molecule has 4 N–H and O–H groups in total. The van der Waals surface area contributed by atoms with Gasteiger partial charge in [-0.05, 0) is 194 Å². The normalized spacial score (nSPS) is 24.1. The first-order valence-corrected chi connectivity index (χ1v) is 33.2. The number of halogens is 2. The number of nitrogens with two attached hydrogens (primary N) is 1. The van der Waals surface area contributed by atoms with Crippen LogP contribution >= 0.6 is 23.2 Å². The molecule has 0 spiro atoms. The molecule has 4 saturated carbocycles. The lowest BCUT2D eigenvalue weighted by atomic mass is 9.63. The maximum absolute atomic E-state index is 14.2. The van der Waals surface area contributed by atoms with Gasteiger partial charge in [-0.2, -0.15) is 10.2 Å². The molecule has 0 unspecified atom stereocenters. The van der Waals surface area contributed by atoms with Crippen LogP contribution < -0.4 is 16.4 Å². The van der Waals surface area contributed by atoms with E-state index in [1.807, 2.05) is 101 Å². The number of carbonyl (C=O) groups excluding carboxylic acids is 4. The van der Waals surface area contributed by atoms with Gasteiger partial charge in [0.1, 0.15) is 25.3 Å². The number of primary amides is 1. The zero-order chi connectivity index (χ0) is 60.6. The summed E-state index contributed by atoms with van der Waals surface area (Å²) in [4.78, 5) is 73.2. The molecule has 2 aromatic carbocycles. The van der Waals surface area contributed by atoms with Crippen LogP contribution in [0.4, 0.5) is 0 Å². The molecular weight excluding hydrogens is 1120 g/mol. The number of hydrogen-bond donors (Lipinski definition) is 3. The molecule has 10 rings (SSSR count). The summed E-state index contributed by atoms with van der Waals surface area (Å²) in [5, 5.41) is 17.9. The number of likely N-dealkylation sites (N-methyl/N-ethyl adjacent to an activating group) is 1. The first-order chi connectivity index (χ1) is 41.6. The van der Waals surface area contributed by atoms with Gasteiger partial charge in [-0.15, -0.1) is 0 Å². The molecule has 4 amide bonds. The van der Waals surface area contributed by atoms with Crippen molar-refractivity contribution in [1.82, 2.24) is 59.8 Å². The molecule has 20 heteroatoms. The Bertz CT molecular complexity index is 2740. The summed E-state index contributed by atoms with van der Waals surface area (Å²) < 4.78 is 4.01. The molecule has 470 valence electrons. The Morgan fingerprint density at radius 2 is 1.02 bits per heavy atom. The highest BCUT2D eigenvalue weighted by Gasteiger charge is 2.46. The average Bonchev–Trinajstić information content (AvgIpc) is 3.97. The smallest absolute Gasteiger partial charge is 0.264 e. The molecule has 2 saturated heterocycles. The number of aromatic nitrogens is 6. The third-order valence-electron chi connectivity index (χ3n) is 21.0. The van der Waals surface area contributed by atoms with E-state index in [2.05, 4.69) is 45.6 Å². The molecule has 4 aromatic rings. The van der Waals surface area contributed by atoms with Crippen LogP contribution in [0.3, 0.4) is 0 Å². The molecule has 4 heterocycles. The Balaban J connectivity index is 0.000000205. The van der Waals surface area contributed by atoms with E-state index in [1.165, 1.54) is 70.4 Å². The van der Waals surface area contributed by atoms with E-state index in [0.29, 0.717) is 34.7 Å². The fourth-order valence-electron chi connectivity index (χ4n) is 16.1. The van der Waals surface area contributed by atoms with Crippen LogP contribution in [0, 0.1) is 28.6 Å². The molecule has 6 fully saturated rings. The van der Waals surface area contributed by atoms with E-state index >= 15 is 0 Å². The maximum Gasteiger partial charge on any atom is 0.264 e. The fraction of sp³-hybridized carbons (Fsp3) is 0.682. The Morgan fingerprint density at radius 1 is 0.616 bits per heavy atom. The second kappa shape index (κ2) is 31.3. The summed E-state index contributed by atoms with van der Waals surface area (Å²) in [5.41, 5.74) is 8.27. The van der Waals surface area contributed by atoms with Crippen molar-refractivity contribution in [1.29, 1.82) is 0 Å². The van der Waals surface area contributed by atoms with Gasteiger partial charge in [-0.3, -0.25) is 38.4 Å². The standard InChI is InChI=1S/C33H50ClN7O2.C33H48ClN7O2/c1-39(2)30(31(35)42)25-10-14-28(15-11-25)38-29(20-24-8-12-27(34)13-9-24)32(43)40-18-16-33(17-19-40,21-41-23-36-22-37-41)26-6-4-3-5-7-26;1-35-21-31(42)39(2)29-14-12-28(13-15-29)38-30(20-25-8-10-27(34)11-9-25)32(43)40-18-16-33(17-19-40,22-41-24-36-23-37-41)26-6-4-3-5-7-26/h8-9,12-13,22-23,25-26,28-30,38H,3-7,10-11,14-21H2,1-2H3,(H2,35,42);8-11,21,23-24,26,28-30,38H,3-7,12-20,22H2,1-2H3/t25-,28-,29-,30+;28-,29+,30-/m11/s1. The highest BCUT2D eigenvalue weighted by atomic mass is 35.5. The molecular formula is C66H98Cl2N14O4. The summed E-state index contributed by atoms with van der Waals surface area (Å²) in [6, 6.07) is 15.5. The number of likely N-dealkylation sites (tertiary alicyclic amines) is 2. The molecule has 0 bridgehead atoms. The van der Waals surface area contributed by atoms with Crippen molar-refractivity contribution in [2.24, 2.45) is 39.3 Å². The number of rotatable bonds is 21. The predicted molar refractivity (Wildman–Crippen MR) is 339 cm³/mol. The first kappa shape index (κ1) is 65.2. The average molecular weight is 1220 g/mol.